The van der Waals surface area contributed by atoms with Crippen molar-refractivity contribution in [3.63, 3.8) is 0 Å². The second-order valence-corrected chi connectivity index (χ2v) is 4.68. The highest BCUT2D eigenvalue weighted by Crippen LogP contribution is 2.18. The van der Waals surface area contributed by atoms with Crippen LogP contribution in [0.1, 0.15) is 11.1 Å². The smallest absolute Gasteiger partial charge is 0.120 e. The third-order valence-corrected chi connectivity index (χ3v) is 2.95. The Balaban J connectivity index is 1.97. The molecule has 0 fully saturated rings. The maximum Gasteiger partial charge on any atom is 0.120 e. The molecule has 0 saturated carbocycles. The summed E-state index contributed by atoms with van der Waals surface area (Å²) < 4.78 is 6.71. The monoisotopic (exact) mass is 291 g/mol. The highest BCUT2D eigenvalue weighted by Gasteiger charge is 1.97. The molecular weight excluding hydrogens is 278 g/mol. The molecule has 0 aliphatic carbocycles. The summed E-state index contributed by atoms with van der Waals surface area (Å²) in [7, 11) is 0. The molecule has 2 aromatic carbocycles. The number of rotatable bonds is 4. The van der Waals surface area contributed by atoms with Gasteiger partial charge in [-0.05, 0) is 29.3 Å². The van der Waals surface area contributed by atoms with E-state index in [1.807, 2.05) is 48.5 Å². The third kappa shape index (κ3) is 3.58. The van der Waals surface area contributed by atoms with Crippen LogP contribution in [0, 0.1) is 0 Å². The summed E-state index contributed by atoms with van der Waals surface area (Å²) in [6, 6.07) is 16.0. The van der Waals surface area contributed by atoms with Gasteiger partial charge in [-0.15, -0.1) is 0 Å². The number of hydrogen-bond donors (Lipinski definition) is 1. The van der Waals surface area contributed by atoms with Crippen molar-refractivity contribution in [3.8, 4) is 5.75 Å². The van der Waals surface area contributed by atoms with Crippen LogP contribution in [0.15, 0.2) is 53.0 Å². The van der Waals surface area contributed by atoms with Crippen molar-refractivity contribution in [1.82, 2.24) is 0 Å². The van der Waals surface area contributed by atoms with Crippen molar-refractivity contribution in [2.24, 2.45) is 5.73 Å². The Morgan fingerprint density at radius 3 is 2.35 bits per heavy atom. The molecule has 0 amide bonds. The molecule has 2 rings (SSSR count). The zero-order chi connectivity index (χ0) is 12.1. The number of hydrogen-bond acceptors (Lipinski definition) is 2. The largest absolute Gasteiger partial charge is 0.489 e. The summed E-state index contributed by atoms with van der Waals surface area (Å²) in [6.45, 7) is 1.15. The molecular formula is C14H14BrNO. The molecule has 0 unspecified atom stereocenters. The molecule has 0 bridgehead atoms. The molecule has 2 nitrogen and oxygen atoms in total. The van der Waals surface area contributed by atoms with Gasteiger partial charge in [-0.25, -0.2) is 0 Å². The van der Waals surface area contributed by atoms with E-state index in [1.54, 1.807) is 0 Å². The van der Waals surface area contributed by atoms with Crippen LogP contribution in [0.2, 0.25) is 0 Å². The number of benzene rings is 2. The van der Waals surface area contributed by atoms with Crippen LogP contribution in [-0.2, 0) is 13.2 Å². The fourth-order valence-corrected chi connectivity index (χ4v) is 1.87. The summed E-state index contributed by atoms with van der Waals surface area (Å²) in [4.78, 5) is 0. The fourth-order valence-electron chi connectivity index (χ4n) is 1.50. The fraction of sp³-hybridized carbons (Fsp3) is 0.143. The molecule has 0 spiro atoms. The van der Waals surface area contributed by atoms with E-state index in [0.717, 1.165) is 21.3 Å². The number of nitrogens with two attached hydrogens (primary N) is 1. The zero-order valence-corrected chi connectivity index (χ0v) is 11.0. The first-order chi connectivity index (χ1) is 8.28. The van der Waals surface area contributed by atoms with Gasteiger partial charge in [0.25, 0.3) is 0 Å². The van der Waals surface area contributed by atoms with E-state index in [2.05, 4.69) is 15.9 Å². The molecule has 0 atom stereocenters. The van der Waals surface area contributed by atoms with Crippen LogP contribution >= 0.6 is 15.9 Å². The molecule has 0 aliphatic heterocycles. The average molecular weight is 292 g/mol. The normalized spacial score (nSPS) is 10.2. The van der Waals surface area contributed by atoms with Gasteiger partial charge in [0.05, 0.1) is 0 Å². The Morgan fingerprint density at radius 1 is 1.00 bits per heavy atom. The second kappa shape index (κ2) is 5.84. The maximum absolute atomic E-state index is 5.69. The van der Waals surface area contributed by atoms with Crippen LogP contribution in [0.4, 0.5) is 0 Å². The molecule has 0 aliphatic rings. The van der Waals surface area contributed by atoms with E-state index in [-0.39, 0.29) is 0 Å². The number of ether oxygens (including phenoxy) is 1. The van der Waals surface area contributed by atoms with Crippen LogP contribution in [-0.4, -0.2) is 0 Å². The van der Waals surface area contributed by atoms with E-state index in [9.17, 15) is 0 Å². The van der Waals surface area contributed by atoms with E-state index >= 15 is 0 Å². The predicted molar refractivity (Wildman–Crippen MR) is 72.8 cm³/mol. The topological polar surface area (TPSA) is 35.2 Å². The highest BCUT2D eigenvalue weighted by molar-refractivity contribution is 9.10. The van der Waals surface area contributed by atoms with Gasteiger partial charge >= 0.3 is 0 Å². The Labute approximate surface area is 110 Å². The maximum atomic E-state index is 5.69. The van der Waals surface area contributed by atoms with Crippen molar-refractivity contribution in [2.75, 3.05) is 0 Å². The molecule has 17 heavy (non-hydrogen) atoms. The minimum atomic E-state index is 0.571. The Bertz CT molecular complexity index is 482. The Morgan fingerprint density at radius 2 is 1.71 bits per heavy atom. The van der Waals surface area contributed by atoms with Crippen LogP contribution in [0.5, 0.6) is 5.75 Å². The molecule has 0 radical (unpaired) electrons. The van der Waals surface area contributed by atoms with Gasteiger partial charge in [0.1, 0.15) is 12.4 Å². The summed E-state index contributed by atoms with van der Waals surface area (Å²) in [5.74, 6) is 0.863. The van der Waals surface area contributed by atoms with Crippen molar-refractivity contribution < 1.29 is 4.74 Å². The molecule has 0 heterocycles. The Kier molecular flexibility index (Phi) is 4.18. The summed E-state index contributed by atoms with van der Waals surface area (Å²) >= 11 is 3.41. The van der Waals surface area contributed by atoms with Gasteiger partial charge < -0.3 is 10.5 Å². The quantitative estimate of drug-likeness (QED) is 0.936. The van der Waals surface area contributed by atoms with Crippen molar-refractivity contribution in [3.05, 3.63) is 64.1 Å². The summed E-state index contributed by atoms with van der Waals surface area (Å²) in [6.07, 6.45) is 0. The predicted octanol–water partition coefficient (Wildman–Crippen LogP) is 3.49. The van der Waals surface area contributed by atoms with Crippen LogP contribution in [0.25, 0.3) is 0 Å². The lowest BCUT2D eigenvalue weighted by molar-refractivity contribution is 0.306. The van der Waals surface area contributed by atoms with E-state index in [1.165, 1.54) is 0 Å². The lowest BCUT2D eigenvalue weighted by Crippen LogP contribution is -1.98. The zero-order valence-electron chi connectivity index (χ0n) is 9.40. The van der Waals surface area contributed by atoms with Crippen LogP contribution < -0.4 is 10.5 Å². The standard InChI is InChI=1S/C14H14BrNO/c15-13-2-1-3-14(8-13)17-10-12-6-4-11(9-16)5-7-12/h1-8H,9-10,16H2. The Hall–Kier alpha value is -1.32. The van der Waals surface area contributed by atoms with E-state index < -0.39 is 0 Å². The minimum Gasteiger partial charge on any atom is -0.489 e. The van der Waals surface area contributed by atoms with Crippen molar-refractivity contribution in [1.29, 1.82) is 0 Å². The van der Waals surface area contributed by atoms with Gasteiger partial charge in [-0.2, -0.15) is 0 Å². The number of halogens is 1. The SMILES string of the molecule is NCc1ccc(COc2cccc(Br)c2)cc1. The first-order valence-electron chi connectivity index (χ1n) is 5.44. The molecule has 2 aromatic rings. The summed E-state index contributed by atoms with van der Waals surface area (Å²) in [5.41, 5.74) is 7.82. The average Bonchev–Trinajstić information content (AvgIpc) is 2.37. The second-order valence-electron chi connectivity index (χ2n) is 3.77. The van der Waals surface area contributed by atoms with E-state index in [0.29, 0.717) is 13.2 Å². The molecule has 88 valence electrons. The minimum absolute atomic E-state index is 0.571. The van der Waals surface area contributed by atoms with Gasteiger partial charge in [0, 0.05) is 11.0 Å². The van der Waals surface area contributed by atoms with Gasteiger partial charge in [-0.1, -0.05) is 46.3 Å². The molecule has 0 saturated heterocycles. The first kappa shape index (κ1) is 12.1. The highest BCUT2D eigenvalue weighted by atomic mass is 79.9. The first-order valence-corrected chi connectivity index (χ1v) is 6.23. The van der Waals surface area contributed by atoms with Crippen molar-refractivity contribution in [2.45, 2.75) is 13.2 Å². The van der Waals surface area contributed by atoms with E-state index in [4.69, 9.17) is 10.5 Å². The lowest BCUT2D eigenvalue weighted by Gasteiger charge is -2.07. The molecule has 3 heteroatoms. The third-order valence-electron chi connectivity index (χ3n) is 2.46. The summed E-state index contributed by atoms with van der Waals surface area (Å²) in [5, 5.41) is 0. The lowest BCUT2D eigenvalue weighted by atomic mass is 10.1. The molecule has 0 aromatic heterocycles. The van der Waals surface area contributed by atoms with Gasteiger partial charge in [-0.3, -0.25) is 0 Å². The van der Waals surface area contributed by atoms with Gasteiger partial charge in [0.15, 0.2) is 0 Å². The van der Waals surface area contributed by atoms with Crippen molar-refractivity contribution >= 4 is 15.9 Å². The molecule has 2 N–H and O–H groups in total. The van der Waals surface area contributed by atoms with Crippen LogP contribution in [0.3, 0.4) is 0 Å². The van der Waals surface area contributed by atoms with Gasteiger partial charge in [0.2, 0.25) is 0 Å².